The second-order valence-corrected chi connectivity index (χ2v) is 5.97. The minimum Gasteiger partial charge on any atom is -0.355 e. The lowest BCUT2D eigenvalue weighted by molar-refractivity contribution is -0.118. The van der Waals surface area contributed by atoms with E-state index >= 15 is 0 Å². The molecule has 0 unspecified atom stereocenters. The first-order valence-corrected chi connectivity index (χ1v) is 8.19. The molecule has 1 aromatic carbocycles. The second-order valence-electron chi connectivity index (χ2n) is 4.98. The van der Waals surface area contributed by atoms with Gasteiger partial charge in [0.2, 0.25) is 5.91 Å². The third-order valence-electron chi connectivity index (χ3n) is 3.10. The molecule has 0 saturated carbocycles. The van der Waals surface area contributed by atoms with Gasteiger partial charge in [-0.25, -0.2) is 0 Å². The van der Waals surface area contributed by atoms with Crippen LogP contribution in [0.2, 0.25) is 0 Å². The molecule has 0 bridgehead atoms. The summed E-state index contributed by atoms with van der Waals surface area (Å²) >= 11 is 1.69. The minimum absolute atomic E-state index is 0.159. The van der Waals surface area contributed by atoms with Crippen LogP contribution in [0.25, 0.3) is 0 Å². The van der Waals surface area contributed by atoms with Gasteiger partial charge in [0.1, 0.15) is 0 Å². The Balaban J connectivity index is 2.22. The van der Waals surface area contributed by atoms with Crippen LogP contribution in [0.4, 0.5) is 0 Å². The predicted octanol–water partition coefficient (Wildman–Crippen LogP) is 3.84. The Morgan fingerprint density at radius 3 is 2.79 bits per heavy atom. The Labute approximate surface area is 121 Å². The van der Waals surface area contributed by atoms with E-state index in [1.807, 2.05) is 0 Å². The van der Waals surface area contributed by atoms with Crippen molar-refractivity contribution in [2.45, 2.75) is 45.8 Å². The summed E-state index contributed by atoms with van der Waals surface area (Å²) in [4.78, 5) is 11.6. The van der Waals surface area contributed by atoms with E-state index in [2.05, 4.69) is 44.3 Å². The molecule has 0 spiro atoms. The third-order valence-corrected chi connectivity index (χ3v) is 4.08. The first-order valence-electron chi connectivity index (χ1n) is 7.04. The number of aryl methyl sites for hydroxylation is 2. The highest BCUT2D eigenvalue weighted by Gasteiger charge is 2.03. The maximum Gasteiger partial charge on any atom is 0.230 e. The first-order chi connectivity index (χ1) is 9.13. The molecule has 0 atom stereocenters. The molecule has 0 aliphatic carbocycles. The van der Waals surface area contributed by atoms with Crippen LogP contribution in [0, 0.1) is 13.8 Å². The molecular formula is C16H25NOS. The fourth-order valence-corrected chi connectivity index (χ4v) is 2.78. The summed E-state index contributed by atoms with van der Waals surface area (Å²) < 4.78 is 0. The van der Waals surface area contributed by atoms with Crippen LogP contribution in [0.5, 0.6) is 0 Å². The number of carbonyl (C=O) groups is 1. The molecule has 3 heteroatoms. The molecule has 1 amide bonds. The fraction of sp³-hybridized carbons (Fsp3) is 0.562. The summed E-state index contributed by atoms with van der Waals surface area (Å²) in [6.45, 7) is 7.22. The molecular weight excluding hydrogens is 254 g/mol. The van der Waals surface area contributed by atoms with Crippen molar-refractivity contribution in [1.82, 2.24) is 5.32 Å². The van der Waals surface area contributed by atoms with E-state index in [1.165, 1.54) is 29.5 Å². The van der Waals surface area contributed by atoms with Gasteiger partial charge in [0, 0.05) is 12.3 Å². The molecule has 0 aliphatic heterocycles. The van der Waals surface area contributed by atoms with Crippen molar-refractivity contribution in [2.75, 3.05) is 12.3 Å². The minimum atomic E-state index is 0.159. The Bertz CT molecular complexity index is 404. The van der Waals surface area contributed by atoms with Crippen LogP contribution in [0.3, 0.4) is 0 Å². The van der Waals surface area contributed by atoms with Gasteiger partial charge in [-0.2, -0.15) is 0 Å². The topological polar surface area (TPSA) is 29.1 Å². The number of carbonyl (C=O) groups excluding carboxylic acids is 1. The number of amides is 1. The molecule has 0 saturated heterocycles. The Morgan fingerprint density at radius 2 is 2.05 bits per heavy atom. The lowest BCUT2D eigenvalue weighted by atomic mass is 10.1. The van der Waals surface area contributed by atoms with Crippen LogP contribution in [0.15, 0.2) is 18.2 Å². The summed E-state index contributed by atoms with van der Waals surface area (Å²) in [6.07, 6.45) is 3.47. The van der Waals surface area contributed by atoms with E-state index in [9.17, 15) is 4.79 Å². The summed E-state index contributed by atoms with van der Waals surface area (Å²) in [5.41, 5.74) is 3.93. The van der Waals surface area contributed by atoms with Gasteiger partial charge in [-0.15, -0.1) is 11.8 Å². The lowest BCUT2D eigenvalue weighted by Crippen LogP contribution is -2.26. The smallest absolute Gasteiger partial charge is 0.230 e. The zero-order valence-electron chi connectivity index (χ0n) is 12.3. The summed E-state index contributed by atoms with van der Waals surface area (Å²) in [5, 5.41) is 2.97. The molecule has 2 nitrogen and oxygen atoms in total. The van der Waals surface area contributed by atoms with E-state index in [4.69, 9.17) is 0 Å². The Hall–Kier alpha value is -0.960. The van der Waals surface area contributed by atoms with Gasteiger partial charge in [0.25, 0.3) is 0 Å². The van der Waals surface area contributed by atoms with E-state index in [0.29, 0.717) is 5.75 Å². The average molecular weight is 279 g/mol. The van der Waals surface area contributed by atoms with Crippen molar-refractivity contribution in [3.8, 4) is 0 Å². The quantitative estimate of drug-likeness (QED) is 0.732. The zero-order valence-corrected chi connectivity index (χ0v) is 13.1. The molecule has 0 heterocycles. The van der Waals surface area contributed by atoms with E-state index < -0.39 is 0 Å². The number of unbranched alkanes of at least 4 members (excludes halogenated alkanes) is 2. The Kier molecular flexibility index (Phi) is 7.65. The van der Waals surface area contributed by atoms with Gasteiger partial charge in [0.15, 0.2) is 0 Å². The highest BCUT2D eigenvalue weighted by molar-refractivity contribution is 7.99. The zero-order chi connectivity index (χ0) is 14.1. The standard InChI is InChI=1S/C16H25NOS/c1-4-5-6-9-17-16(18)12-19-11-15-10-13(2)7-8-14(15)3/h7-8,10H,4-6,9,11-12H2,1-3H3,(H,17,18). The SMILES string of the molecule is CCCCCNC(=O)CSCc1cc(C)ccc1C. The van der Waals surface area contributed by atoms with Gasteiger partial charge < -0.3 is 5.32 Å². The van der Waals surface area contributed by atoms with Gasteiger partial charge >= 0.3 is 0 Å². The highest BCUT2D eigenvalue weighted by atomic mass is 32.2. The molecule has 19 heavy (non-hydrogen) atoms. The van der Waals surface area contributed by atoms with Crippen molar-refractivity contribution in [3.63, 3.8) is 0 Å². The molecule has 0 aromatic heterocycles. The maximum atomic E-state index is 11.6. The molecule has 0 radical (unpaired) electrons. The summed E-state index contributed by atoms with van der Waals surface area (Å²) in [5.74, 6) is 1.63. The molecule has 0 fully saturated rings. The van der Waals surface area contributed by atoms with Gasteiger partial charge in [-0.3, -0.25) is 4.79 Å². The third kappa shape index (κ3) is 6.67. The Morgan fingerprint density at radius 1 is 1.26 bits per heavy atom. The van der Waals surface area contributed by atoms with Crippen molar-refractivity contribution >= 4 is 17.7 Å². The summed E-state index contributed by atoms with van der Waals surface area (Å²) in [7, 11) is 0. The number of hydrogen-bond acceptors (Lipinski definition) is 2. The number of rotatable bonds is 8. The van der Waals surface area contributed by atoms with E-state index in [0.717, 1.165) is 18.7 Å². The summed E-state index contributed by atoms with van der Waals surface area (Å²) in [6, 6.07) is 6.49. The van der Waals surface area contributed by atoms with E-state index in [-0.39, 0.29) is 5.91 Å². The van der Waals surface area contributed by atoms with Crippen LogP contribution in [-0.2, 0) is 10.5 Å². The van der Waals surface area contributed by atoms with Gasteiger partial charge in [-0.1, -0.05) is 43.5 Å². The first kappa shape index (κ1) is 16.1. The lowest BCUT2D eigenvalue weighted by Gasteiger charge is -2.07. The molecule has 1 aromatic rings. The van der Waals surface area contributed by atoms with Crippen molar-refractivity contribution in [1.29, 1.82) is 0 Å². The fourth-order valence-electron chi connectivity index (χ4n) is 1.86. The maximum absolute atomic E-state index is 11.6. The monoisotopic (exact) mass is 279 g/mol. The van der Waals surface area contributed by atoms with Crippen LogP contribution < -0.4 is 5.32 Å². The van der Waals surface area contributed by atoms with Crippen LogP contribution >= 0.6 is 11.8 Å². The molecule has 1 N–H and O–H groups in total. The molecule has 1 rings (SSSR count). The number of nitrogens with one attached hydrogen (secondary N) is 1. The van der Waals surface area contributed by atoms with Crippen molar-refractivity contribution in [2.24, 2.45) is 0 Å². The largest absolute Gasteiger partial charge is 0.355 e. The highest BCUT2D eigenvalue weighted by Crippen LogP contribution is 2.17. The second kappa shape index (κ2) is 9.03. The normalized spacial score (nSPS) is 10.5. The number of benzene rings is 1. The van der Waals surface area contributed by atoms with E-state index in [1.54, 1.807) is 11.8 Å². The molecule has 0 aliphatic rings. The van der Waals surface area contributed by atoms with Crippen LogP contribution in [0.1, 0.15) is 42.9 Å². The van der Waals surface area contributed by atoms with Crippen LogP contribution in [-0.4, -0.2) is 18.2 Å². The predicted molar refractivity (Wildman–Crippen MR) is 84.6 cm³/mol. The van der Waals surface area contributed by atoms with Crippen molar-refractivity contribution < 1.29 is 4.79 Å². The number of thioether (sulfide) groups is 1. The average Bonchev–Trinajstić information content (AvgIpc) is 2.39. The van der Waals surface area contributed by atoms with Gasteiger partial charge in [-0.05, 0) is 31.4 Å². The van der Waals surface area contributed by atoms with Crippen molar-refractivity contribution in [3.05, 3.63) is 34.9 Å². The number of hydrogen-bond donors (Lipinski definition) is 1. The molecule has 106 valence electrons. The van der Waals surface area contributed by atoms with Gasteiger partial charge in [0.05, 0.1) is 5.75 Å².